The monoisotopic (exact) mass is 264 g/mol. The maximum absolute atomic E-state index is 12.3. The molecule has 0 spiro atoms. The molecule has 0 aliphatic rings. The van der Waals surface area contributed by atoms with Crippen molar-refractivity contribution in [1.82, 2.24) is 4.98 Å². The van der Waals surface area contributed by atoms with Crippen LogP contribution in [0.2, 0.25) is 0 Å². The van der Waals surface area contributed by atoms with Gasteiger partial charge in [0.15, 0.2) is 0 Å². The van der Waals surface area contributed by atoms with Crippen LogP contribution >= 0.6 is 0 Å². The van der Waals surface area contributed by atoms with Crippen LogP contribution in [0.25, 0.3) is 0 Å². The van der Waals surface area contributed by atoms with Crippen molar-refractivity contribution in [2.75, 3.05) is 18.6 Å². The molecule has 0 aliphatic carbocycles. The van der Waals surface area contributed by atoms with Crippen LogP contribution in [0.3, 0.4) is 0 Å². The molecular formula is C14H20N2O3. The molecule has 0 aromatic carbocycles. The molecule has 0 saturated carbocycles. The fraction of sp³-hybridized carbons (Fsp3) is 0.500. The molecule has 0 unspecified atom stereocenters. The summed E-state index contributed by atoms with van der Waals surface area (Å²) in [5.41, 5.74) is 0.796. The molecule has 0 saturated heterocycles. The minimum Gasteiger partial charge on any atom is -0.468 e. The number of methoxy groups -OCH3 is 1. The second-order valence-electron chi connectivity index (χ2n) is 4.45. The summed E-state index contributed by atoms with van der Waals surface area (Å²) in [6.07, 6.45) is 0.711. The Morgan fingerprint density at radius 3 is 2.63 bits per heavy atom. The molecule has 1 aromatic rings. The van der Waals surface area contributed by atoms with E-state index in [2.05, 4.69) is 9.72 Å². The Balaban J connectivity index is 3.04. The second-order valence-corrected chi connectivity index (χ2v) is 4.45. The number of aryl methyl sites for hydroxylation is 1. The van der Waals surface area contributed by atoms with Crippen LogP contribution in [0.5, 0.6) is 0 Å². The number of carbonyl (C=O) groups is 2. The topological polar surface area (TPSA) is 59.5 Å². The van der Waals surface area contributed by atoms with E-state index in [1.54, 1.807) is 6.07 Å². The van der Waals surface area contributed by atoms with Crippen molar-refractivity contribution in [2.45, 2.75) is 27.2 Å². The highest BCUT2D eigenvalue weighted by atomic mass is 16.5. The first-order valence-electron chi connectivity index (χ1n) is 6.31. The van der Waals surface area contributed by atoms with E-state index in [1.165, 1.54) is 12.0 Å². The van der Waals surface area contributed by atoms with Gasteiger partial charge in [-0.1, -0.05) is 19.9 Å². The zero-order valence-electron chi connectivity index (χ0n) is 11.8. The van der Waals surface area contributed by atoms with Gasteiger partial charge in [-0.15, -0.1) is 0 Å². The molecule has 0 fully saturated rings. The lowest BCUT2D eigenvalue weighted by Crippen LogP contribution is -2.40. The van der Waals surface area contributed by atoms with Gasteiger partial charge in [0, 0.05) is 11.6 Å². The highest BCUT2D eigenvalue weighted by molar-refractivity contribution is 5.98. The lowest BCUT2D eigenvalue weighted by atomic mass is 10.1. The fourth-order valence-electron chi connectivity index (χ4n) is 1.59. The molecule has 1 heterocycles. The number of nitrogens with zero attached hydrogens (tertiary/aromatic N) is 2. The Hall–Kier alpha value is -1.91. The fourth-order valence-corrected chi connectivity index (χ4v) is 1.59. The molecule has 0 aliphatic heterocycles. The molecule has 1 aromatic heterocycles. The number of esters is 1. The summed E-state index contributed by atoms with van der Waals surface area (Å²) in [4.78, 5) is 29.4. The third kappa shape index (κ3) is 4.05. The van der Waals surface area contributed by atoms with Crippen molar-refractivity contribution >= 4 is 17.7 Å². The van der Waals surface area contributed by atoms with Gasteiger partial charge in [-0.2, -0.15) is 0 Å². The van der Waals surface area contributed by atoms with Crippen LogP contribution in [-0.2, 0) is 14.3 Å². The first-order valence-corrected chi connectivity index (χ1v) is 6.31. The number of hydrogen-bond donors (Lipinski definition) is 0. The number of ether oxygens (including phenoxy) is 1. The Morgan fingerprint density at radius 2 is 2.11 bits per heavy atom. The van der Waals surface area contributed by atoms with Crippen LogP contribution in [0.4, 0.5) is 5.82 Å². The van der Waals surface area contributed by atoms with Gasteiger partial charge in [0.25, 0.3) is 0 Å². The highest BCUT2D eigenvalue weighted by Crippen LogP contribution is 2.16. The zero-order chi connectivity index (χ0) is 14.4. The van der Waals surface area contributed by atoms with Crippen molar-refractivity contribution in [3.8, 4) is 0 Å². The van der Waals surface area contributed by atoms with Crippen molar-refractivity contribution in [1.29, 1.82) is 0 Å². The van der Waals surface area contributed by atoms with Crippen LogP contribution in [0, 0.1) is 12.8 Å². The van der Waals surface area contributed by atoms with E-state index in [0.717, 1.165) is 5.69 Å². The second kappa shape index (κ2) is 6.87. The predicted molar refractivity (Wildman–Crippen MR) is 72.8 cm³/mol. The maximum atomic E-state index is 12.3. The van der Waals surface area contributed by atoms with Gasteiger partial charge in [-0.05, 0) is 25.5 Å². The van der Waals surface area contributed by atoms with Crippen molar-refractivity contribution in [3.63, 3.8) is 0 Å². The van der Waals surface area contributed by atoms with Crippen LogP contribution in [0.1, 0.15) is 26.0 Å². The quantitative estimate of drug-likeness (QED) is 0.763. The zero-order valence-corrected chi connectivity index (χ0v) is 11.8. The van der Waals surface area contributed by atoms with Gasteiger partial charge in [0.05, 0.1) is 7.11 Å². The number of anilines is 1. The number of carbonyl (C=O) groups excluding carboxylic acids is 2. The van der Waals surface area contributed by atoms with Gasteiger partial charge in [0.2, 0.25) is 5.91 Å². The maximum Gasteiger partial charge on any atom is 0.325 e. The molecule has 0 N–H and O–H groups in total. The van der Waals surface area contributed by atoms with Gasteiger partial charge < -0.3 is 4.74 Å². The Kier molecular flexibility index (Phi) is 5.48. The summed E-state index contributed by atoms with van der Waals surface area (Å²) in [6.45, 7) is 5.49. The van der Waals surface area contributed by atoms with E-state index in [0.29, 0.717) is 12.2 Å². The van der Waals surface area contributed by atoms with Crippen LogP contribution < -0.4 is 4.90 Å². The largest absolute Gasteiger partial charge is 0.468 e. The number of hydrogen-bond acceptors (Lipinski definition) is 4. The summed E-state index contributed by atoms with van der Waals surface area (Å²) >= 11 is 0. The summed E-state index contributed by atoms with van der Waals surface area (Å²) in [6, 6.07) is 5.37. The third-order valence-corrected chi connectivity index (χ3v) is 2.97. The smallest absolute Gasteiger partial charge is 0.325 e. The van der Waals surface area contributed by atoms with Crippen molar-refractivity contribution in [3.05, 3.63) is 23.9 Å². The Morgan fingerprint density at radius 1 is 1.42 bits per heavy atom. The van der Waals surface area contributed by atoms with Gasteiger partial charge in [-0.3, -0.25) is 14.5 Å². The first-order chi connectivity index (χ1) is 8.99. The summed E-state index contributed by atoms with van der Waals surface area (Å²) < 4.78 is 4.64. The van der Waals surface area contributed by atoms with Gasteiger partial charge in [0.1, 0.15) is 12.4 Å². The SMILES string of the molecule is CC[C@H](C)C(=O)N(CC(=O)OC)c1cccc(C)n1. The normalized spacial score (nSPS) is 11.8. The molecule has 5 heteroatoms. The number of rotatable bonds is 5. The molecule has 1 atom stereocenters. The predicted octanol–water partition coefficient (Wildman–Crippen LogP) is 1.94. The Bertz CT molecular complexity index is 460. The lowest BCUT2D eigenvalue weighted by molar-refractivity contribution is -0.140. The summed E-state index contributed by atoms with van der Waals surface area (Å²) in [7, 11) is 1.30. The van der Waals surface area contributed by atoms with Gasteiger partial charge in [-0.25, -0.2) is 4.98 Å². The Labute approximate surface area is 113 Å². The summed E-state index contributed by atoms with van der Waals surface area (Å²) in [5, 5.41) is 0. The van der Waals surface area contributed by atoms with Crippen molar-refractivity contribution in [2.24, 2.45) is 5.92 Å². The van der Waals surface area contributed by atoms with E-state index in [4.69, 9.17) is 0 Å². The van der Waals surface area contributed by atoms with Crippen molar-refractivity contribution < 1.29 is 14.3 Å². The molecule has 1 amide bonds. The standard InChI is InChI=1S/C14H20N2O3/c1-5-10(2)14(18)16(9-13(17)19-4)12-8-6-7-11(3)15-12/h6-8,10H,5,9H2,1-4H3/t10-/m0/s1. The molecule has 1 rings (SSSR count). The average Bonchev–Trinajstić information content (AvgIpc) is 2.42. The highest BCUT2D eigenvalue weighted by Gasteiger charge is 2.24. The number of aromatic nitrogens is 1. The van der Waals surface area contributed by atoms with Crippen LogP contribution in [-0.4, -0.2) is 30.5 Å². The lowest BCUT2D eigenvalue weighted by Gasteiger charge is -2.23. The van der Waals surface area contributed by atoms with E-state index < -0.39 is 5.97 Å². The molecule has 104 valence electrons. The average molecular weight is 264 g/mol. The van der Waals surface area contributed by atoms with Gasteiger partial charge >= 0.3 is 5.97 Å². The first kappa shape index (κ1) is 15.1. The van der Waals surface area contributed by atoms with E-state index in [1.807, 2.05) is 32.9 Å². The number of amides is 1. The van der Waals surface area contributed by atoms with E-state index in [9.17, 15) is 9.59 Å². The molecule has 0 radical (unpaired) electrons. The minimum absolute atomic E-state index is 0.115. The molecule has 19 heavy (non-hydrogen) atoms. The minimum atomic E-state index is -0.458. The van der Waals surface area contributed by atoms with Crippen LogP contribution in [0.15, 0.2) is 18.2 Å². The summed E-state index contributed by atoms with van der Waals surface area (Å²) in [5.74, 6) is -0.256. The van der Waals surface area contributed by atoms with E-state index in [-0.39, 0.29) is 18.4 Å². The number of pyridine rings is 1. The third-order valence-electron chi connectivity index (χ3n) is 2.97. The molecular weight excluding hydrogens is 244 g/mol. The molecule has 5 nitrogen and oxygen atoms in total. The van der Waals surface area contributed by atoms with E-state index >= 15 is 0 Å². The molecule has 0 bridgehead atoms.